The Morgan fingerprint density at radius 2 is 1.86 bits per heavy atom. The summed E-state index contributed by atoms with van der Waals surface area (Å²) in [4.78, 5) is 0. The topological polar surface area (TPSA) is 35.2 Å². The van der Waals surface area contributed by atoms with E-state index in [0.29, 0.717) is 12.2 Å². The first-order chi connectivity index (χ1) is 9.95. The minimum Gasteiger partial charge on any atom is -0.489 e. The first-order valence-corrected chi connectivity index (χ1v) is 6.87. The molecular weight excluding hydrogens is 272 g/mol. The molecule has 0 aromatic heterocycles. The van der Waals surface area contributed by atoms with Gasteiger partial charge in [0.25, 0.3) is 0 Å². The summed E-state index contributed by atoms with van der Waals surface area (Å²) >= 11 is 0. The SMILES string of the molecule is Cc1ccc(OCc2cc(F)ccc2F)c(CC(C)N)c1. The van der Waals surface area contributed by atoms with Crippen molar-refractivity contribution in [2.45, 2.75) is 32.9 Å². The van der Waals surface area contributed by atoms with Crippen LogP contribution < -0.4 is 10.5 Å². The predicted octanol–water partition coefficient (Wildman–Crippen LogP) is 3.74. The van der Waals surface area contributed by atoms with Crippen molar-refractivity contribution in [3.8, 4) is 5.75 Å². The number of benzene rings is 2. The van der Waals surface area contributed by atoms with E-state index in [9.17, 15) is 8.78 Å². The van der Waals surface area contributed by atoms with Gasteiger partial charge in [-0.1, -0.05) is 17.7 Å². The normalized spacial score (nSPS) is 12.2. The standard InChI is InChI=1S/C17H19F2NO/c1-11-3-6-17(13(7-11)8-12(2)20)21-10-14-9-15(18)4-5-16(14)19/h3-7,9,12H,8,10,20H2,1-2H3. The minimum absolute atomic E-state index is 0.0000517. The molecule has 2 N–H and O–H groups in total. The molecule has 112 valence electrons. The van der Waals surface area contributed by atoms with Crippen molar-refractivity contribution >= 4 is 0 Å². The molecular formula is C17H19F2NO. The van der Waals surface area contributed by atoms with Gasteiger partial charge in [0.2, 0.25) is 0 Å². The zero-order valence-corrected chi connectivity index (χ0v) is 12.2. The number of halogens is 2. The second-order valence-corrected chi connectivity index (χ2v) is 5.32. The molecule has 0 aliphatic heterocycles. The van der Waals surface area contributed by atoms with Crippen LogP contribution in [-0.2, 0) is 13.0 Å². The molecule has 0 saturated heterocycles. The highest BCUT2D eigenvalue weighted by atomic mass is 19.1. The average molecular weight is 291 g/mol. The van der Waals surface area contributed by atoms with Crippen molar-refractivity contribution < 1.29 is 13.5 Å². The number of nitrogens with two attached hydrogens (primary N) is 1. The van der Waals surface area contributed by atoms with E-state index in [1.807, 2.05) is 32.0 Å². The highest BCUT2D eigenvalue weighted by molar-refractivity contribution is 5.37. The van der Waals surface area contributed by atoms with Gasteiger partial charge in [-0.3, -0.25) is 0 Å². The number of hydrogen-bond donors (Lipinski definition) is 1. The third kappa shape index (κ3) is 4.26. The Morgan fingerprint density at radius 1 is 1.10 bits per heavy atom. The van der Waals surface area contributed by atoms with Gasteiger partial charge in [-0.2, -0.15) is 0 Å². The molecule has 0 fully saturated rings. The number of aryl methyl sites for hydroxylation is 1. The Bertz CT molecular complexity index is 626. The molecule has 1 atom stereocenters. The van der Waals surface area contributed by atoms with Crippen LogP contribution in [0.2, 0.25) is 0 Å². The highest BCUT2D eigenvalue weighted by Gasteiger charge is 2.09. The largest absolute Gasteiger partial charge is 0.489 e. The van der Waals surface area contributed by atoms with Crippen LogP contribution in [0.25, 0.3) is 0 Å². The Kier molecular flexibility index (Phi) is 4.91. The van der Waals surface area contributed by atoms with Gasteiger partial charge in [0, 0.05) is 11.6 Å². The molecule has 2 rings (SSSR count). The fourth-order valence-corrected chi connectivity index (χ4v) is 2.16. The molecule has 0 saturated carbocycles. The monoisotopic (exact) mass is 291 g/mol. The maximum atomic E-state index is 13.6. The van der Waals surface area contributed by atoms with Gasteiger partial charge in [-0.25, -0.2) is 8.78 Å². The maximum Gasteiger partial charge on any atom is 0.130 e. The lowest BCUT2D eigenvalue weighted by atomic mass is 10.0. The summed E-state index contributed by atoms with van der Waals surface area (Å²) in [7, 11) is 0. The Labute approximate surface area is 123 Å². The third-order valence-electron chi connectivity index (χ3n) is 3.15. The second kappa shape index (κ2) is 6.68. The molecule has 0 aliphatic rings. The van der Waals surface area contributed by atoms with Gasteiger partial charge in [-0.05, 0) is 50.1 Å². The molecule has 0 spiro atoms. The van der Waals surface area contributed by atoms with E-state index in [2.05, 4.69) is 0 Å². The Hall–Kier alpha value is -1.94. The van der Waals surface area contributed by atoms with Crippen molar-refractivity contribution in [2.75, 3.05) is 0 Å². The summed E-state index contributed by atoms with van der Waals surface area (Å²) in [5, 5.41) is 0. The van der Waals surface area contributed by atoms with Crippen molar-refractivity contribution in [1.29, 1.82) is 0 Å². The third-order valence-corrected chi connectivity index (χ3v) is 3.15. The van der Waals surface area contributed by atoms with E-state index < -0.39 is 11.6 Å². The summed E-state index contributed by atoms with van der Waals surface area (Å²) < 4.78 is 32.4. The average Bonchev–Trinajstić information content (AvgIpc) is 2.41. The summed E-state index contributed by atoms with van der Waals surface area (Å²) in [5.41, 5.74) is 8.11. The molecule has 1 unspecified atom stereocenters. The molecule has 21 heavy (non-hydrogen) atoms. The van der Waals surface area contributed by atoms with Crippen molar-refractivity contribution in [3.63, 3.8) is 0 Å². The van der Waals surface area contributed by atoms with Crippen LogP contribution in [-0.4, -0.2) is 6.04 Å². The molecule has 0 radical (unpaired) electrons. The van der Waals surface area contributed by atoms with Gasteiger partial charge in [-0.15, -0.1) is 0 Å². The second-order valence-electron chi connectivity index (χ2n) is 5.32. The lowest BCUT2D eigenvalue weighted by molar-refractivity contribution is 0.295. The van der Waals surface area contributed by atoms with Crippen molar-refractivity contribution in [3.05, 3.63) is 64.7 Å². The first-order valence-electron chi connectivity index (χ1n) is 6.87. The van der Waals surface area contributed by atoms with E-state index in [1.165, 1.54) is 0 Å². The van der Waals surface area contributed by atoms with E-state index >= 15 is 0 Å². The first kappa shape index (κ1) is 15.4. The van der Waals surface area contributed by atoms with Crippen LogP contribution >= 0.6 is 0 Å². The molecule has 2 aromatic carbocycles. The number of ether oxygens (including phenoxy) is 1. The zero-order valence-electron chi connectivity index (χ0n) is 12.2. The highest BCUT2D eigenvalue weighted by Crippen LogP contribution is 2.23. The molecule has 4 heteroatoms. The summed E-state index contributed by atoms with van der Waals surface area (Å²) in [5.74, 6) is -0.298. The van der Waals surface area contributed by atoms with Crippen LogP contribution in [0.5, 0.6) is 5.75 Å². The minimum atomic E-state index is -0.477. The zero-order chi connectivity index (χ0) is 15.4. The van der Waals surface area contributed by atoms with Crippen LogP contribution in [0.15, 0.2) is 36.4 Å². The van der Waals surface area contributed by atoms with E-state index in [4.69, 9.17) is 10.5 Å². The molecule has 2 aromatic rings. The fourth-order valence-electron chi connectivity index (χ4n) is 2.16. The molecule has 0 amide bonds. The predicted molar refractivity (Wildman–Crippen MR) is 79.2 cm³/mol. The number of rotatable bonds is 5. The van der Waals surface area contributed by atoms with Gasteiger partial charge in [0.1, 0.15) is 24.0 Å². The summed E-state index contributed by atoms with van der Waals surface area (Å²) in [6.07, 6.45) is 0.669. The molecule has 2 nitrogen and oxygen atoms in total. The summed E-state index contributed by atoms with van der Waals surface area (Å²) in [6, 6.07) is 9.10. The van der Waals surface area contributed by atoms with Crippen molar-refractivity contribution in [2.24, 2.45) is 5.73 Å². The van der Waals surface area contributed by atoms with Gasteiger partial charge in [0.15, 0.2) is 0 Å². The number of hydrogen-bond acceptors (Lipinski definition) is 2. The van der Waals surface area contributed by atoms with Crippen LogP contribution in [0, 0.1) is 18.6 Å². The Morgan fingerprint density at radius 3 is 2.57 bits per heavy atom. The van der Waals surface area contributed by atoms with E-state index in [-0.39, 0.29) is 18.2 Å². The fraction of sp³-hybridized carbons (Fsp3) is 0.294. The van der Waals surface area contributed by atoms with Crippen LogP contribution in [0.4, 0.5) is 8.78 Å². The smallest absolute Gasteiger partial charge is 0.130 e. The van der Waals surface area contributed by atoms with Gasteiger partial charge >= 0.3 is 0 Å². The lowest BCUT2D eigenvalue weighted by Gasteiger charge is -2.14. The van der Waals surface area contributed by atoms with Crippen molar-refractivity contribution in [1.82, 2.24) is 0 Å². The quantitative estimate of drug-likeness (QED) is 0.910. The molecule has 0 bridgehead atoms. The van der Waals surface area contributed by atoms with E-state index in [1.54, 1.807) is 0 Å². The lowest BCUT2D eigenvalue weighted by Crippen LogP contribution is -2.18. The Balaban J connectivity index is 2.17. The van der Waals surface area contributed by atoms with Gasteiger partial charge < -0.3 is 10.5 Å². The maximum absolute atomic E-state index is 13.6. The van der Waals surface area contributed by atoms with Crippen LogP contribution in [0.3, 0.4) is 0 Å². The van der Waals surface area contributed by atoms with Crippen LogP contribution in [0.1, 0.15) is 23.6 Å². The van der Waals surface area contributed by atoms with Gasteiger partial charge in [0.05, 0.1) is 0 Å². The van der Waals surface area contributed by atoms with E-state index in [0.717, 1.165) is 29.3 Å². The molecule has 0 heterocycles. The summed E-state index contributed by atoms with van der Waals surface area (Å²) in [6.45, 7) is 3.89. The molecule has 0 aliphatic carbocycles.